The second-order valence-corrected chi connectivity index (χ2v) is 3.84. The lowest BCUT2D eigenvalue weighted by Gasteiger charge is -2.24. The summed E-state index contributed by atoms with van der Waals surface area (Å²) in [6.45, 7) is 2.68. The van der Waals surface area contributed by atoms with Crippen molar-refractivity contribution >= 4 is 24.0 Å². The van der Waals surface area contributed by atoms with Gasteiger partial charge in [0.1, 0.15) is 11.8 Å². The highest BCUT2D eigenvalue weighted by atomic mass is 35.5. The van der Waals surface area contributed by atoms with E-state index in [0.29, 0.717) is 6.54 Å². The number of likely N-dealkylation sites (N-methyl/N-ethyl adjacent to an activating group) is 1. The van der Waals surface area contributed by atoms with Crippen LogP contribution in [0.25, 0.3) is 0 Å². The van der Waals surface area contributed by atoms with Crippen LogP contribution < -0.4 is 15.4 Å². The van der Waals surface area contributed by atoms with Crippen LogP contribution in [-0.4, -0.2) is 39.3 Å². The molecule has 0 saturated carbocycles. The Morgan fingerprint density at radius 2 is 1.89 bits per heavy atom. The number of anilines is 1. The van der Waals surface area contributed by atoms with E-state index in [1.165, 1.54) is 7.11 Å². The predicted molar refractivity (Wildman–Crippen MR) is 78.1 cm³/mol. The third-order valence-electron chi connectivity index (χ3n) is 2.63. The van der Waals surface area contributed by atoms with Crippen molar-refractivity contribution in [3.8, 4) is 5.75 Å². The van der Waals surface area contributed by atoms with Crippen LogP contribution in [-0.2, 0) is 9.53 Å². The highest BCUT2D eigenvalue weighted by Gasteiger charge is 2.20. The van der Waals surface area contributed by atoms with Crippen LogP contribution in [0.1, 0.15) is 6.92 Å². The molecule has 1 unspecified atom stereocenters. The molecule has 1 aromatic rings. The average Bonchev–Trinajstić information content (AvgIpc) is 2.40. The first-order valence-corrected chi connectivity index (χ1v) is 5.84. The second-order valence-electron chi connectivity index (χ2n) is 3.84. The van der Waals surface area contributed by atoms with Gasteiger partial charge in [-0.05, 0) is 31.2 Å². The van der Waals surface area contributed by atoms with Gasteiger partial charge in [0.25, 0.3) is 0 Å². The summed E-state index contributed by atoms with van der Waals surface area (Å²) in [6, 6.07) is 6.65. The van der Waals surface area contributed by atoms with Gasteiger partial charge in [-0.3, -0.25) is 4.79 Å². The number of nitrogens with zero attached hydrogens (tertiary/aromatic N) is 1. The molecular weight excluding hydrogens is 268 g/mol. The first kappa shape index (κ1) is 17.7. The van der Waals surface area contributed by atoms with E-state index in [-0.39, 0.29) is 24.9 Å². The zero-order valence-corrected chi connectivity index (χ0v) is 12.3. The van der Waals surface area contributed by atoms with Crippen molar-refractivity contribution in [2.75, 3.05) is 32.3 Å². The minimum atomic E-state index is -0.642. The molecule has 0 aliphatic carbocycles. The quantitative estimate of drug-likeness (QED) is 0.860. The molecule has 19 heavy (non-hydrogen) atoms. The maximum atomic E-state index is 12.1. The van der Waals surface area contributed by atoms with Gasteiger partial charge in [0.15, 0.2) is 0 Å². The summed E-state index contributed by atoms with van der Waals surface area (Å²) >= 11 is 0. The van der Waals surface area contributed by atoms with E-state index in [2.05, 4.69) is 0 Å². The number of amides is 1. The summed E-state index contributed by atoms with van der Waals surface area (Å²) in [5.74, 6) is 0.605. The lowest BCUT2D eigenvalue weighted by molar-refractivity contribution is -0.120. The number of nitrogens with two attached hydrogens (primary N) is 1. The molecule has 0 aliphatic rings. The molecule has 6 heteroatoms. The van der Waals surface area contributed by atoms with Crippen LogP contribution in [0.2, 0.25) is 0 Å². The van der Waals surface area contributed by atoms with Gasteiger partial charge in [-0.1, -0.05) is 0 Å². The number of methoxy groups -OCH3 is 2. The molecule has 0 bridgehead atoms. The molecule has 0 aliphatic heterocycles. The van der Waals surface area contributed by atoms with Crippen LogP contribution in [0.5, 0.6) is 5.75 Å². The van der Waals surface area contributed by atoms with Gasteiger partial charge >= 0.3 is 0 Å². The van der Waals surface area contributed by atoms with E-state index < -0.39 is 6.04 Å². The Hall–Kier alpha value is -1.30. The predicted octanol–water partition coefficient (Wildman–Crippen LogP) is 1.44. The SMILES string of the molecule is CCN(C(=O)C(N)COC)c1ccc(OC)cc1.Cl. The van der Waals surface area contributed by atoms with Crippen LogP contribution in [0.3, 0.4) is 0 Å². The molecule has 108 valence electrons. The van der Waals surface area contributed by atoms with Crippen molar-refractivity contribution in [1.82, 2.24) is 0 Å². The standard InChI is InChI=1S/C13H20N2O3.ClH/c1-4-15(13(16)12(14)9-17-2)10-5-7-11(18-3)8-6-10;/h5-8,12H,4,9,14H2,1-3H3;1H. The van der Waals surface area contributed by atoms with E-state index in [1.807, 2.05) is 31.2 Å². The van der Waals surface area contributed by atoms with Gasteiger partial charge in [-0.25, -0.2) is 0 Å². The molecule has 0 heterocycles. The Morgan fingerprint density at radius 3 is 2.32 bits per heavy atom. The zero-order valence-electron chi connectivity index (χ0n) is 11.5. The molecule has 5 nitrogen and oxygen atoms in total. The summed E-state index contributed by atoms with van der Waals surface area (Å²) in [6.07, 6.45) is 0. The number of benzene rings is 1. The number of carbonyl (C=O) groups excluding carboxylic acids is 1. The molecule has 0 saturated heterocycles. The Kier molecular flexibility index (Phi) is 8.14. The number of halogens is 1. The van der Waals surface area contributed by atoms with E-state index >= 15 is 0 Å². The van der Waals surface area contributed by atoms with Crippen molar-refractivity contribution in [2.24, 2.45) is 5.73 Å². The summed E-state index contributed by atoms with van der Waals surface area (Å²) < 4.78 is 9.98. The lowest BCUT2D eigenvalue weighted by atomic mass is 10.2. The molecule has 1 amide bonds. The van der Waals surface area contributed by atoms with Crippen LogP contribution in [0.15, 0.2) is 24.3 Å². The second kappa shape index (κ2) is 8.74. The minimum Gasteiger partial charge on any atom is -0.497 e. The van der Waals surface area contributed by atoms with Crippen molar-refractivity contribution in [2.45, 2.75) is 13.0 Å². The normalized spacial score (nSPS) is 11.4. The van der Waals surface area contributed by atoms with Crippen molar-refractivity contribution in [3.05, 3.63) is 24.3 Å². The lowest BCUT2D eigenvalue weighted by Crippen LogP contribution is -2.46. The topological polar surface area (TPSA) is 64.8 Å². The molecule has 1 rings (SSSR count). The third-order valence-corrected chi connectivity index (χ3v) is 2.63. The number of carbonyl (C=O) groups is 1. The van der Waals surface area contributed by atoms with E-state index in [0.717, 1.165) is 11.4 Å². The zero-order chi connectivity index (χ0) is 13.5. The first-order valence-electron chi connectivity index (χ1n) is 5.84. The van der Waals surface area contributed by atoms with Crippen LogP contribution in [0.4, 0.5) is 5.69 Å². The summed E-state index contributed by atoms with van der Waals surface area (Å²) in [4.78, 5) is 13.7. The Morgan fingerprint density at radius 1 is 1.32 bits per heavy atom. The van der Waals surface area contributed by atoms with Crippen LogP contribution in [0, 0.1) is 0 Å². The molecule has 1 aromatic carbocycles. The highest BCUT2D eigenvalue weighted by Crippen LogP contribution is 2.19. The maximum Gasteiger partial charge on any atom is 0.246 e. The number of hydrogen-bond acceptors (Lipinski definition) is 4. The number of hydrogen-bond donors (Lipinski definition) is 1. The van der Waals surface area contributed by atoms with E-state index in [9.17, 15) is 4.79 Å². The van der Waals surface area contributed by atoms with Gasteiger partial charge in [-0.2, -0.15) is 0 Å². The molecule has 2 N–H and O–H groups in total. The Labute approximate surface area is 120 Å². The first-order chi connectivity index (χ1) is 8.63. The fourth-order valence-corrected chi connectivity index (χ4v) is 1.68. The largest absolute Gasteiger partial charge is 0.497 e. The fourth-order valence-electron chi connectivity index (χ4n) is 1.68. The molecule has 1 atom stereocenters. The molecule has 0 spiro atoms. The highest BCUT2D eigenvalue weighted by molar-refractivity contribution is 5.97. The molecule has 0 fully saturated rings. The molecule has 0 radical (unpaired) electrons. The molecular formula is C13H21ClN2O3. The van der Waals surface area contributed by atoms with Gasteiger partial charge in [-0.15, -0.1) is 12.4 Å². The van der Waals surface area contributed by atoms with Gasteiger partial charge in [0.05, 0.1) is 13.7 Å². The third kappa shape index (κ3) is 4.70. The average molecular weight is 289 g/mol. The summed E-state index contributed by atoms with van der Waals surface area (Å²) in [7, 11) is 3.13. The monoisotopic (exact) mass is 288 g/mol. The summed E-state index contributed by atoms with van der Waals surface area (Å²) in [5.41, 5.74) is 6.56. The Bertz CT molecular complexity index is 384. The van der Waals surface area contributed by atoms with Crippen molar-refractivity contribution in [1.29, 1.82) is 0 Å². The minimum absolute atomic E-state index is 0. The van der Waals surface area contributed by atoms with Crippen LogP contribution >= 0.6 is 12.4 Å². The summed E-state index contributed by atoms with van der Waals surface area (Å²) in [5, 5.41) is 0. The number of rotatable bonds is 6. The fraction of sp³-hybridized carbons (Fsp3) is 0.462. The Balaban J connectivity index is 0.00000324. The van der Waals surface area contributed by atoms with Gasteiger partial charge in [0.2, 0.25) is 5.91 Å². The number of ether oxygens (including phenoxy) is 2. The molecule has 0 aromatic heterocycles. The van der Waals surface area contributed by atoms with Gasteiger partial charge in [0, 0.05) is 19.3 Å². The van der Waals surface area contributed by atoms with E-state index in [1.54, 1.807) is 12.0 Å². The van der Waals surface area contributed by atoms with Gasteiger partial charge < -0.3 is 20.1 Å². The van der Waals surface area contributed by atoms with E-state index in [4.69, 9.17) is 15.2 Å². The van der Waals surface area contributed by atoms with Crippen molar-refractivity contribution < 1.29 is 14.3 Å². The smallest absolute Gasteiger partial charge is 0.246 e. The maximum absolute atomic E-state index is 12.1. The van der Waals surface area contributed by atoms with Crippen molar-refractivity contribution in [3.63, 3.8) is 0 Å².